The third-order valence-electron chi connectivity index (χ3n) is 4.01. The zero-order valence-electron chi connectivity index (χ0n) is 15.6. The molecule has 2 N–H and O–H groups in total. The Morgan fingerprint density at radius 2 is 1.21 bits per heavy atom. The Bertz CT molecular complexity index is 991. The summed E-state index contributed by atoms with van der Waals surface area (Å²) in [5.74, 6) is -0.330. The summed E-state index contributed by atoms with van der Waals surface area (Å²) in [7, 11) is 0. The zero-order chi connectivity index (χ0) is 20.5. The number of carbonyl (C=O) groups excluding carboxylic acids is 3. The van der Waals surface area contributed by atoms with Crippen LogP contribution < -0.4 is 10.6 Å². The van der Waals surface area contributed by atoms with Crippen LogP contribution in [-0.2, 0) is 9.59 Å². The van der Waals surface area contributed by atoms with E-state index in [1.807, 2.05) is 24.3 Å². The molecule has 0 spiro atoms. The maximum Gasteiger partial charge on any atom is 0.234 e. The molecule has 0 aromatic heterocycles. The van der Waals surface area contributed by atoms with E-state index < -0.39 is 0 Å². The van der Waals surface area contributed by atoms with Crippen molar-refractivity contribution < 1.29 is 14.4 Å². The number of para-hydroxylation sites is 2. The van der Waals surface area contributed by atoms with Crippen molar-refractivity contribution in [1.29, 1.82) is 0 Å². The summed E-state index contributed by atoms with van der Waals surface area (Å²) >= 11 is 1.21. The molecule has 3 rings (SSSR count). The molecule has 0 atom stereocenters. The van der Waals surface area contributed by atoms with Crippen molar-refractivity contribution in [3.05, 3.63) is 96.1 Å². The third-order valence-corrected chi connectivity index (χ3v) is 4.94. The molecule has 0 aliphatic heterocycles. The highest BCUT2D eigenvalue weighted by atomic mass is 32.2. The summed E-state index contributed by atoms with van der Waals surface area (Å²) < 4.78 is 0. The predicted octanol–water partition coefficient (Wildman–Crippen LogP) is 4.23. The van der Waals surface area contributed by atoms with Crippen molar-refractivity contribution >= 4 is 40.7 Å². The molecule has 0 saturated heterocycles. The minimum absolute atomic E-state index is 0.107. The first-order valence-electron chi connectivity index (χ1n) is 9.05. The van der Waals surface area contributed by atoms with E-state index in [9.17, 15) is 14.4 Å². The number of thioether (sulfide) groups is 1. The maximum absolute atomic E-state index is 12.7. The lowest BCUT2D eigenvalue weighted by molar-refractivity contribution is -0.114. The summed E-state index contributed by atoms with van der Waals surface area (Å²) in [6.45, 7) is 0. The number of hydrogen-bond donors (Lipinski definition) is 2. The van der Waals surface area contributed by atoms with Gasteiger partial charge in [0.15, 0.2) is 5.78 Å². The van der Waals surface area contributed by atoms with E-state index in [0.717, 1.165) is 5.69 Å². The second-order valence-corrected chi connectivity index (χ2v) is 7.18. The molecule has 2 amide bonds. The molecule has 0 saturated carbocycles. The molecule has 0 fully saturated rings. The number of nitrogens with one attached hydrogen (secondary N) is 2. The highest BCUT2D eigenvalue weighted by Crippen LogP contribution is 2.19. The molecular weight excluding hydrogens is 384 g/mol. The molecule has 0 heterocycles. The van der Waals surface area contributed by atoms with Gasteiger partial charge in [-0.1, -0.05) is 60.7 Å². The van der Waals surface area contributed by atoms with E-state index in [1.54, 1.807) is 60.7 Å². The number of carbonyl (C=O) groups is 3. The molecule has 3 aromatic rings. The van der Waals surface area contributed by atoms with Gasteiger partial charge in [-0.3, -0.25) is 14.4 Å². The standard InChI is InChI=1S/C23H20N2O3S/c26-21(24-18-11-5-2-6-12-18)15-29-16-22(27)25-20-14-8-7-13-19(20)23(28)17-9-3-1-4-10-17/h1-14H,15-16H2,(H,24,26)(H,25,27). The molecule has 5 nitrogen and oxygen atoms in total. The fourth-order valence-electron chi connectivity index (χ4n) is 2.68. The highest BCUT2D eigenvalue weighted by Gasteiger charge is 2.15. The number of rotatable bonds is 8. The van der Waals surface area contributed by atoms with Crippen molar-refractivity contribution in [1.82, 2.24) is 0 Å². The van der Waals surface area contributed by atoms with Crippen LogP contribution in [0.4, 0.5) is 11.4 Å². The number of anilines is 2. The molecule has 0 radical (unpaired) electrons. The normalized spacial score (nSPS) is 10.2. The summed E-state index contributed by atoms with van der Waals surface area (Å²) in [4.78, 5) is 36.9. The van der Waals surface area contributed by atoms with Gasteiger partial charge in [-0.05, 0) is 24.3 Å². The number of hydrogen-bond acceptors (Lipinski definition) is 4. The van der Waals surface area contributed by atoms with Gasteiger partial charge in [0.1, 0.15) is 0 Å². The topological polar surface area (TPSA) is 75.3 Å². The van der Waals surface area contributed by atoms with Crippen LogP contribution in [0.3, 0.4) is 0 Å². The lowest BCUT2D eigenvalue weighted by Gasteiger charge is -2.10. The Balaban J connectivity index is 1.53. The summed E-state index contributed by atoms with van der Waals surface area (Å²) in [6.07, 6.45) is 0. The molecule has 6 heteroatoms. The minimum atomic E-state index is -0.268. The van der Waals surface area contributed by atoms with Crippen molar-refractivity contribution in [2.24, 2.45) is 0 Å². The van der Waals surface area contributed by atoms with Crippen LogP contribution in [0.1, 0.15) is 15.9 Å². The van der Waals surface area contributed by atoms with Crippen LogP contribution in [0.25, 0.3) is 0 Å². The van der Waals surface area contributed by atoms with Crippen molar-refractivity contribution in [3.63, 3.8) is 0 Å². The Labute approximate surface area is 173 Å². The van der Waals surface area contributed by atoms with Crippen molar-refractivity contribution in [3.8, 4) is 0 Å². The van der Waals surface area contributed by atoms with Crippen LogP contribution in [-0.4, -0.2) is 29.1 Å². The number of amides is 2. The first kappa shape index (κ1) is 20.4. The smallest absolute Gasteiger partial charge is 0.234 e. The highest BCUT2D eigenvalue weighted by molar-refractivity contribution is 8.00. The van der Waals surface area contributed by atoms with Gasteiger partial charge in [-0.2, -0.15) is 0 Å². The average Bonchev–Trinajstić information content (AvgIpc) is 2.75. The van der Waals surface area contributed by atoms with E-state index in [0.29, 0.717) is 16.8 Å². The lowest BCUT2D eigenvalue weighted by Crippen LogP contribution is -2.19. The Morgan fingerprint density at radius 3 is 1.90 bits per heavy atom. The van der Waals surface area contributed by atoms with Gasteiger partial charge < -0.3 is 10.6 Å². The molecule has 146 valence electrons. The van der Waals surface area contributed by atoms with Crippen LogP contribution in [0.2, 0.25) is 0 Å². The van der Waals surface area contributed by atoms with E-state index >= 15 is 0 Å². The zero-order valence-corrected chi connectivity index (χ0v) is 16.4. The largest absolute Gasteiger partial charge is 0.325 e. The van der Waals surface area contributed by atoms with Gasteiger partial charge >= 0.3 is 0 Å². The van der Waals surface area contributed by atoms with Gasteiger partial charge in [0.2, 0.25) is 11.8 Å². The minimum Gasteiger partial charge on any atom is -0.325 e. The fraction of sp³-hybridized carbons (Fsp3) is 0.0870. The van der Waals surface area contributed by atoms with Crippen LogP contribution >= 0.6 is 11.8 Å². The van der Waals surface area contributed by atoms with E-state index in [1.165, 1.54) is 11.8 Å². The predicted molar refractivity (Wildman–Crippen MR) is 117 cm³/mol. The SMILES string of the molecule is O=C(CSCC(=O)Nc1ccccc1C(=O)c1ccccc1)Nc1ccccc1. The Hall–Kier alpha value is -3.38. The molecule has 0 unspecified atom stereocenters. The Kier molecular flexibility index (Phi) is 7.19. The molecular formula is C23H20N2O3S. The van der Waals surface area contributed by atoms with E-state index in [-0.39, 0.29) is 29.1 Å². The first-order chi connectivity index (χ1) is 14.1. The maximum atomic E-state index is 12.7. The van der Waals surface area contributed by atoms with Gasteiger partial charge in [0.05, 0.1) is 17.2 Å². The molecule has 0 bridgehead atoms. The first-order valence-corrected chi connectivity index (χ1v) is 10.2. The third kappa shape index (κ3) is 6.05. The van der Waals surface area contributed by atoms with Gasteiger partial charge in [-0.25, -0.2) is 0 Å². The molecule has 29 heavy (non-hydrogen) atoms. The summed E-state index contributed by atoms with van der Waals surface area (Å²) in [5, 5.41) is 5.54. The lowest BCUT2D eigenvalue weighted by atomic mass is 10.0. The summed E-state index contributed by atoms with van der Waals surface area (Å²) in [6, 6.07) is 25.0. The number of ketones is 1. The monoisotopic (exact) mass is 404 g/mol. The molecule has 3 aromatic carbocycles. The Morgan fingerprint density at radius 1 is 0.655 bits per heavy atom. The van der Waals surface area contributed by atoms with Crippen LogP contribution in [0.15, 0.2) is 84.9 Å². The fourth-order valence-corrected chi connectivity index (χ4v) is 3.29. The summed E-state index contributed by atoms with van der Waals surface area (Å²) in [5.41, 5.74) is 2.16. The number of benzene rings is 3. The van der Waals surface area contributed by atoms with Gasteiger partial charge in [0, 0.05) is 16.8 Å². The van der Waals surface area contributed by atoms with Gasteiger partial charge in [0.25, 0.3) is 0 Å². The van der Waals surface area contributed by atoms with E-state index in [4.69, 9.17) is 0 Å². The average molecular weight is 404 g/mol. The van der Waals surface area contributed by atoms with E-state index in [2.05, 4.69) is 10.6 Å². The second-order valence-electron chi connectivity index (χ2n) is 6.20. The van der Waals surface area contributed by atoms with Crippen molar-refractivity contribution in [2.75, 3.05) is 22.1 Å². The second kappa shape index (κ2) is 10.2. The molecule has 0 aliphatic carbocycles. The molecule has 0 aliphatic rings. The van der Waals surface area contributed by atoms with Gasteiger partial charge in [-0.15, -0.1) is 11.8 Å². The van der Waals surface area contributed by atoms with Crippen molar-refractivity contribution in [2.45, 2.75) is 0 Å². The van der Waals surface area contributed by atoms with Crippen LogP contribution in [0.5, 0.6) is 0 Å². The van der Waals surface area contributed by atoms with Crippen LogP contribution in [0, 0.1) is 0 Å². The quantitative estimate of drug-likeness (QED) is 0.551.